The molecule has 0 saturated carbocycles. The molecule has 1 rings (SSSR count). The van der Waals surface area contributed by atoms with Crippen molar-refractivity contribution in [2.24, 2.45) is 0 Å². The number of morpholine rings is 1. The SMILES string of the molecule is CC(C)OC(=O)N1CCOC(C(F)(F)F)C1. The predicted molar refractivity (Wildman–Crippen MR) is 49.0 cm³/mol. The second-order valence-corrected chi connectivity index (χ2v) is 3.78. The number of hydrogen-bond donors (Lipinski definition) is 0. The first-order valence-electron chi connectivity index (χ1n) is 4.94. The van der Waals surface area contributed by atoms with E-state index in [2.05, 4.69) is 4.74 Å². The second kappa shape index (κ2) is 4.90. The van der Waals surface area contributed by atoms with Crippen molar-refractivity contribution in [1.82, 2.24) is 4.90 Å². The van der Waals surface area contributed by atoms with Crippen molar-refractivity contribution < 1.29 is 27.4 Å². The minimum Gasteiger partial charge on any atom is -0.447 e. The number of halogens is 3. The quantitative estimate of drug-likeness (QED) is 0.702. The molecule has 0 aliphatic carbocycles. The molecular formula is C9H14F3NO3. The van der Waals surface area contributed by atoms with Gasteiger partial charge in [0.1, 0.15) is 0 Å². The smallest absolute Gasteiger partial charge is 0.416 e. The molecule has 1 unspecified atom stereocenters. The van der Waals surface area contributed by atoms with E-state index in [1.807, 2.05) is 0 Å². The van der Waals surface area contributed by atoms with Gasteiger partial charge in [-0.3, -0.25) is 0 Å². The molecule has 0 bridgehead atoms. The molecule has 0 radical (unpaired) electrons. The Morgan fingerprint density at radius 1 is 1.50 bits per heavy atom. The van der Waals surface area contributed by atoms with Crippen LogP contribution in [0.1, 0.15) is 13.8 Å². The molecule has 1 atom stereocenters. The van der Waals surface area contributed by atoms with E-state index in [-0.39, 0.29) is 19.3 Å². The van der Waals surface area contributed by atoms with Crippen LogP contribution in [0.2, 0.25) is 0 Å². The summed E-state index contributed by atoms with van der Waals surface area (Å²) in [6, 6.07) is 0. The minimum absolute atomic E-state index is 0.123. The molecule has 94 valence electrons. The first-order valence-corrected chi connectivity index (χ1v) is 4.94. The molecule has 1 fully saturated rings. The van der Waals surface area contributed by atoms with Gasteiger partial charge in [0, 0.05) is 6.54 Å². The van der Waals surface area contributed by atoms with Crippen molar-refractivity contribution in [2.45, 2.75) is 32.2 Å². The summed E-state index contributed by atoms with van der Waals surface area (Å²) in [5.41, 5.74) is 0. The van der Waals surface area contributed by atoms with Gasteiger partial charge in [-0.15, -0.1) is 0 Å². The Bertz CT molecular complexity index is 255. The zero-order valence-corrected chi connectivity index (χ0v) is 9.08. The van der Waals surface area contributed by atoms with Crippen LogP contribution < -0.4 is 0 Å². The molecule has 0 aromatic heterocycles. The molecule has 1 heterocycles. The molecule has 16 heavy (non-hydrogen) atoms. The van der Waals surface area contributed by atoms with Gasteiger partial charge in [0.25, 0.3) is 0 Å². The molecule has 0 aromatic carbocycles. The van der Waals surface area contributed by atoms with Gasteiger partial charge in [-0.2, -0.15) is 13.2 Å². The maximum atomic E-state index is 12.3. The summed E-state index contributed by atoms with van der Waals surface area (Å²) in [7, 11) is 0. The van der Waals surface area contributed by atoms with Crippen molar-refractivity contribution in [2.75, 3.05) is 19.7 Å². The van der Waals surface area contributed by atoms with Crippen molar-refractivity contribution in [3.05, 3.63) is 0 Å². The Morgan fingerprint density at radius 2 is 2.12 bits per heavy atom. The number of ether oxygens (including phenoxy) is 2. The summed E-state index contributed by atoms with van der Waals surface area (Å²) in [5.74, 6) is 0. The van der Waals surface area contributed by atoms with Crippen LogP contribution in [-0.2, 0) is 9.47 Å². The summed E-state index contributed by atoms with van der Waals surface area (Å²) in [6.07, 6.45) is -7.44. The molecule has 4 nitrogen and oxygen atoms in total. The summed E-state index contributed by atoms with van der Waals surface area (Å²) in [5, 5.41) is 0. The Morgan fingerprint density at radius 3 is 2.62 bits per heavy atom. The Kier molecular flexibility index (Phi) is 4.01. The maximum absolute atomic E-state index is 12.3. The number of carbonyl (C=O) groups is 1. The van der Waals surface area contributed by atoms with Crippen LogP contribution in [0.5, 0.6) is 0 Å². The first-order chi connectivity index (χ1) is 7.30. The molecular weight excluding hydrogens is 227 g/mol. The average Bonchev–Trinajstić information content (AvgIpc) is 2.15. The standard InChI is InChI=1S/C9H14F3NO3/c1-6(2)16-8(14)13-3-4-15-7(5-13)9(10,11)12/h6-7H,3-5H2,1-2H3. The van der Waals surface area contributed by atoms with Crippen molar-refractivity contribution in [1.29, 1.82) is 0 Å². The van der Waals surface area contributed by atoms with E-state index < -0.39 is 24.9 Å². The van der Waals surface area contributed by atoms with Gasteiger partial charge in [-0.1, -0.05) is 0 Å². The van der Waals surface area contributed by atoms with E-state index in [1.165, 1.54) is 0 Å². The van der Waals surface area contributed by atoms with Crippen molar-refractivity contribution >= 4 is 6.09 Å². The molecule has 1 aliphatic heterocycles. The van der Waals surface area contributed by atoms with Crippen LogP contribution in [0.15, 0.2) is 0 Å². The third-order valence-electron chi connectivity index (χ3n) is 2.03. The molecule has 0 aromatic rings. The van der Waals surface area contributed by atoms with Gasteiger partial charge in [0.05, 0.1) is 19.3 Å². The number of rotatable bonds is 1. The Labute approximate surface area is 91.3 Å². The van der Waals surface area contributed by atoms with Crippen LogP contribution in [-0.4, -0.2) is 49.1 Å². The lowest BCUT2D eigenvalue weighted by Gasteiger charge is -2.33. The van der Waals surface area contributed by atoms with E-state index in [0.29, 0.717) is 0 Å². The fourth-order valence-corrected chi connectivity index (χ4v) is 1.29. The van der Waals surface area contributed by atoms with E-state index in [9.17, 15) is 18.0 Å². The number of nitrogens with zero attached hydrogens (tertiary/aromatic N) is 1. The molecule has 7 heteroatoms. The molecule has 0 N–H and O–H groups in total. The molecule has 1 aliphatic rings. The lowest BCUT2D eigenvalue weighted by molar-refractivity contribution is -0.234. The van der Waals surface area contributed by atoms with Crippen LogP contribution in [0, 0.1) is 0 Å². The Hall–Kier alpha value is -0.980. The van der Waals surface area contributed by atoms with Gasteiger partial charge in [0.15, 0.2) is 6.10 Å². The Balaban J connectivity index is 2.54. The highest BCUT2D eigenvalue weighted by atomic mass is 19.4. The second-order valence-electron chi connectivity index (χ2n) is 3.78. The van der Waals surface area contributed by atoms with Crippen LogP contribution in [0.4, 0.5) is 18.0 Å². The fraction of sp³-hybridized carbons (Fsp3) is 0.889. The molecule has 1 saturated heterocycles. The van der Waals surface area contributed by atoms with Gasteiger partial charge in [0.2, 0.25) is 0 Å². The average molecular weight is 241 g/mol. The fourth-order valence-electron chi connectivity index (χ4n) is 1.29. The van der Waals surface area contributed by atoms with E-state index in [4.69, 9.17) is 4.74 Å². The van der Waals surface area contributed by atoms with Crippen molar-refractivity contribution in [3.63, 3.8) is 0 Å². The third kappa shape index (κ3) is 3.55. The summed E-state index contributed by atoms with van der Waals surface area (Å²) >= 11 is 0. The topological polar surface area (TPSA) is 38.8 Å². The molecule has 1 amide bonds. The van der Waals surface area contributed by atoms with Gasteiger partial charge >= 0.3 is 12.3 Å². The number of hydrogen-bond acceptors (Lipinski definition) is 3. The van der Waals surface area contributed by atoms with Crippen LogP contribution in [0.3, 0.4) is 0 Å². The summed E-state index contributed by atoms with van der Waals surface area (Å²) in [6.45, 7) is 2.77. The highest BCUT2D eigenvalue weighted by molar-refractivity contribution is 5.67. The number of carbonyl (C=O) groups excluding carboxylic acids is 1. The lowest BCUT2D eigenvalue weighted by Crippen LogP contribution is -2.51. The molecule has 0 spiro atoms. The van der Waals surface area contributed by atoms with Crippen LogP contribution in [0.25, 0.3) is 0 Å². The maximum Gasteiger partial charge on any atom is 0.416 e. The normalized spacial score (nSPS) is 22.4. The number of amides is 1. The minimum atomic E-state index is -4.45. The van der Waals surface area contributed by atoms with Crippen LogP contribution >= 0.6 is 0 Å². The van der Waals surface area contributed by atoms with Gasteiger partial charge in [-0.05, 0) is 13.8 Å². The summed E-state index contributed by atoms with van der Waals surface area (Å²) in [4.78, 5) is 12.4. The van der Waals surface area contributed by atoms with E-state index in [1.54, 1.807) is 13.8 Å². The van der Waals surface area contributed by atoms with E-state index >= 15 is 0 Å². The third-order valence-corrected chi connectivity index (χ3v) is 2.03. The first kappa shape index (κ1) is 13.1. The number of alkyl halides is 3. The van der Waals surface area contributed by atoms with Gasteiger partial charge in [-0.25, -0.2) is 4.79 Å². The van der Waals surface area contributed by atoms with E-state index in [0.717, 1.165) is 4.90 Å². The largest absolute Gasteiger partial charge is 0.447 e. The summed E-state index contributed by atoms with van der Waals surface area (Å²) < 4.78 is 46.4. The zero-order valence-electron chi connectivity index (χ0n) is 9.08. The zero-order chi connectivity index (χ0) is 12.3. The van der Waals surface area contributed by atoms with Crippen molar-refractivity contribution in [3.8, 4) is 0 Å². The predicted octanol–water partition coefficient (Wildman–Crippen LogP) is 1.79. The van der Waals surface area contributed by atoms with Gasteiger partial charge < -0.3 is 14.4 Å². The monoisotopic (exact) mass is 241 g/mol. The highest BCUT2D eigenvalue weighted by Crippen LogP contribution is 2.25. The lowest BCUT2D eigenvalue weighted by atomic mass is 10.3. The highest BCUT2D eigenvalue weighted by Gasteiger charge is 2.44.